The lowest BCUT2D eigenvalue weighted by Gasteiger charge is -2.05. The first-order valence-corrected chi connectivity index (χ1v) is 5.93. The molecule has 0 amide bonds. The van der Waals surface area contributed by atoms with Crippen molar-refractivity contribution >= 4 is 22.3 Å². The van der Waals surface area contributed by atoms with Crippen molar-refractivity contribution in [2.24, 2.45) is 0 Å². The summed E-state index contributed by atoms with van der Waals surface area (Å²) in [7, 11) is 0. The fourth-order valence-corrected chi connectivity index (χ4v) is 1.89. The number of hydrogen-bond acceptors (Lipinski definition) is 3. The van der Waals surface area contributed by atoms with Crippen molar-refractivity contribution < 1.29 is 4.92 Å². The van der Waals surface area contributed by atoms with Crippen LogP contribution >= 0.6 is 11.6 Å². The summed E-state index contributed by atoms with van der Waals surface area (Å²) in [5.41, 5.74) is 1.74. The van der Waals surface area contributed by atoms with Crippen molar-refractivity contribution in [1.29, 1.82) is 5.26 Å². The summed E-state index contributed by atoms with van der Waals surface area (Å²) >= 11 is 6.14. The van der Waals surface area contributed by atoms with E-state index in [-0.39, 0.29) is 5.69 Å². The predicted molar refractivity (Wildman–Crippen MR) is 71.1 cm³/mol. The molecule has 1 aromatic carbocycles. The molecule has 1 rings (SSSR count). The standard InChI is InChI=1S/C13H13ClN2O2/c1-3-4-11(8-15)13(14)10-5-6-12(16(17)18)9(2)7-10/h5-7H,3-4H2,1-2H3. The number of aryl methyl sites for hydroxylation is 1. The van der Waals surface area contributed by atoms with Crippen molar-refractivity contribution in [3.63, 3.8) is 0 Å². The Morgan fingerprint density at radius 2 is 2.22 bits per heavy atom. The first-order chi connectivity index (χ1) is 8.51. The number of allylic oxidation sites excluding steroid dienone is 1. The molecule has 0 heterocycles. The van der Waals surface area contributed by atoms with Crippen molar-refractivity contribution in [3.05, 3.63) is 45.0 Å². The SMILES string of the molecule is CCCC(C#N)=C(Cl)c1ccc([N+](=O)[O-])c(C)c1. The molecule has 4 nitrogen and oxygen atoms in total. The van der Waals surface area contributed by atoms with E-state index in [9.17, 15) is 10.1 Å². The van der Waals surface area contributed by atoms with Gasteiger partial charge in [-0.05, 0) is 31.0 Å². The highest BCUT2D eigenvalue weighted by atomic mass is 35.5. The van der Waals surface area contributed by atoms with Gasteiger partial charge in [-0.1, -0.05) is 24.9 Å². The smallest absolute Gasteiger partial charge is 0.258 e. The summed E-state index contributed by atoms with van der Waals surface area (Å²) in [5, 5.41) is 20.1. The lowest BCUT2D eigenvalue weighted by molar-refractivity contribution is -0.385. The molecule has 0 bridgehead atoms. The zero-order valence-electron chi connectivity index (χ0n) is 10.2. The minimum absolute atomic E-state index is 0.0530. The maximum atomic E-state index is 10.7. The zero-order chi connectivity index (χ0) is 13.7. The van der Waals surface area contributed by atoms with Crippen LogP contribution in [-0.2, 0) is 0 Å². The number of nitrogens with zero attached hydrogens (tertiary/aromatic N) is 2. The average Bonchev–Trinajstić information content (AvgIpc) is 2.34. The zero-order valence-corrected chi connectivity index (χ0v) is 11.0. The van der Waals surface area contributed by atoms with Gasteiger partial charge in [0.2, 0.25) is 0 Å². The third-order valence-corrected chi connectivity index (χ3v) is 2.99. The summed E-state index contributed by atoms with van der Waals surface area (Å²) in [6.45, 7) is 3.61. The molecule has 0 aromatic heterocycles. The highest BCUT2D eigenvalue weighted by Gasteiger charge is 2.13. The van der Waals surface area contributed by atoms with Crippen molar-refractivity contribution in [1.82, 2.24) is 0 Å². The largest absolute Gasteiger partial charge is 0.272 e. The minimum Gasteiger partial charge on any atom is -0.258 e. The van der Waals surface area contributed by atoms with E-state index < -0.39 is 4.92 Å². The summed E-state index contributed by atoms with van der Waals surface area (Å²) in [6.07, 6.45) is 1.43. The molecule has 18 heavy (non-hydrogen) atoms. The number of nitro benzene ring substituents is 1. The van der Waals surface area contributed by atoms with E-state index >= 15 is 0 Å². The monoisotopic (exact) mass is 264 g/mol. The van der Waals surface area contributed by atoms with Gasteiger partial charge < -0.3 is 0 Å². The number of rotatable bonds is 4. The second-order valence-electron chi connectivity index (χ2n) is 3.91. The minimum atomic E-state index is -0.437. The lowest BCUT2D eigenvalue weighted by atomic mass is 10.0. The van der Waals surface area contributed by atoms with E-state index in [0.29, 0.717) is 28.2 Å². The topological polar surface area (TPSA) is 66.9 Å². The third-order valence-electron chi connectivity index (χ3n) is 2.55. The van der Waals surface area contributed by atoms with Gasteiger partial charge in [0.15, 0.2) is 0 Å². The van der Waals surface area contributed by atoms with E-state index in [4.69, 9.17) is 16.9 Å². The second kappa shape index (κ2) is 6.18. The van der Waals surface area contributed by atoms with Crippen LogP contribution in [-0.4, -0.2) is 4.92 Å². The fraction of sp³-hybridized carbons (Fsp3) is 0.308. The number of halogens is 1. The number of hydrogen-bond donors (Lipinski definition) is 0. The van der Waals surface area contributed by atoms with Crippen LogP contribution in [0.15, 0.2) is 23.8 Å². The molecule has 0 radical (unpaired) electrons. The van der Waals surface area contributed by atoms with E-state index in [1.54, 1.807) is 19.1 Å². The van der Waals surface area contributed by atoms with E-state index in [0.717, 1.165) is 6.42 Å². The van der Waals surface area contributed by atoms with Crippen LogP contribution in [0.3, 0.4) is 0 Å². The Balaban J connectivity index is 3.23. The molecule has 1 aromatic rings. The summed E-state index contributed by atoms with van der Waals surface area (Å²) < 4.78 is 0. The molecule has 0 saturated heterocycles. The van der Waals surface area contributed by atoms with Gasteiger partial charge in [-0.25, -0.2) is 0 Å². The Kier molecular flexibility index (Phi) is 4.87. The maximum absolute atomic E-state index is 10.7. The molecule has 0 atom stereocenters. The van der Waals surface area contributed by atoms with Crippen LogP contribution in [0.4, 0.5) is 5.69 Å². The molecule has 0 fully saturated rings. The van der Waals surface area contributed by atoms with Crippen molar-refractivity contribution in [2.45, 2.75) is 26.7 Å². The van der Waals surface area contributed by atoms with Crippen LogP contribution < -0.4 is 0 Å². The molecule has 0 aliphatic heterocycles. The van der Waals surface area contributed by atoms with Gasteiger partial charge in [0, 0.05) is 17.2 Å². The first kappa shape index (κ1) is 14.2. The molecule has 5 heteroatoms. The Morgan fingerprint density at radius 3 is 2.67 bits per heavy atom. The van der Waals surface area contributed by atoms with Crippen molar-refractivity contribution in [3.8, 4) is 6.07 Å². The van der Waals surface area contributed by atoms with Gasteiger partial charge in [0.1, 0.15) is 0 Å². The number of nitriles is 1. The van der Waals surface area contributed by atoms with Crippen molar-refractivity contribution in [2.75, 3.05) is 0 Å². The lowest BCUT2D eigenvalue weighted by Crippen LogP contribution is -1.93. The first-order valence-electron chi connectivity index (χ1n) is 5.55. The van der Waals surface area contributed by atoms with E-state index in [2.05, 4.69) is 6.07 Å². The summed E-state index contributed by atoms with van der Waals surface area (Å²) in [5.74, 6) is 0. The van der Waals surface area contributed by atoms with Crippen LogP contribution in [0.2, 0.25) is 0 Å². The van der Waals surface area contributed by atoms with Crippen LogP contribution in [0.5, 0.6) is 0 Å². The van der Waals surface area contributed by atoms with Gasteiger partial charge in [-0.15, -0.1) is 0 Å². The van der Waals surface area contributed by atoms with Gasteiger partial charge in [0.05, 0.1) is 16.0 Å². The number of benzene rings is 1. The van der Waals surface area contributed by atoms with Gasteiger partial charge in [-0.2, -0.15) is 5.26 Å². The van der Waals surface area contributed by atoms with E-state index in [1.807, 2.05) is 6.92 Å². The average molecular weight is 265 g/mol. The van der Waals surface area contributed by atoms with Crippen LogP contribution in [0.1, 0.15) is 30.9 Å². The molecule has 0 aliphatic carbocycles. The quantitative estimate of drug-likeness (QED) is 0.465. The Morgan fingerprint density at radius 1 is 1.56 bits per heavy atom. The third kappa shape index (κ3) is 3.08. The fourth-order valence-electron chi connectivity index (χ4n) is 1.64. The predicted octanol–water partition coefficient (Wildman–Crippen LogP) is 4.18. The second-order valence-corrected chi connectivity index (χ2v) is 4.29. The van der Waals surface area contributed by atoms with Crippen LogP contribution in [0, 0.1) is 28.4 Å². The van der Waals surface area contributed by atoms with Gasteiger partial charge in [-0.3, -0.25) is 10.1 Å². The molecule has 0 N–H and O–H groups in total. The maximum Gasteiger partial charge on any atom is 0.272 e. The molecular formula is C13H13ClN2O2. The molecule has 0 aliphatic rings. The molecule has 0 saturated carbocycles. The number of nitro groups is 1. The molecule has 94 valence electrons. The summed E-state index contributed by atoms with van der Waals surface area (Å²) in [6, 6.07) is 6.68. The highest BCUT2D eigenvalue weighted by molar-refractivity contribution is 6.49. The molecule has 0 unspecified atom stereocenters. The normalized spacial score (nSPS) is 11.7. The molecule has 0 spiro atoms. The van der Waals surface area contributed by atoms with Gasteiger partial charge in [0.25, 0.3) is 5.69 Å². The Hall–Kier alpha value is -1.86. The Bertz CT molecular complexity index is 544. The Labute approximate surface area is 111 Å². The summed E-state index contributed by atoms with van der Waals surface area (Å²) in [4.78, 5) is 10.3. The highest BCUT2D eigenvalue weighted by Crippen LogP contribution is 2.29. The van der Waals surface area contributed by atoms with E-state index in [1.165, 1.54) is 6.07 Å². The van der Waals surface area contributed by atoms with Gasteiger partial charge >= 0.3 is 0 Å². The molecular weight excluding hydrogens is 252 g/mol. The van der Waals surface area contributed by atoms with Crippen LogP contribution in [0.25, 0.3) is 5.03 Å².